The minimum atomic E-state index is -3.58. The maximum atomic E-state index is 13.6. The number of nitrogens with one attached hydrogen (secondary N) is 1. The van der Waals surface area contributed by atoms with Crippen molar-refractivity contribution in [3.8, 4) is 0 Å². The van der Waals surface area contributed by atoms with E-state index in [0.29, 0.717) is 35.0 Å². The van der Waals surface area contributed by atoms with Gasteiger partial charge in [-0.2, -0.15) is 4.31 Å². The number of sulfonamides is 1. The van der Waals surface area contributed by atoms with Crippen LogP contribution in [0.1, 0.15) is 45.4 Å². The predicted molar refractivity (Wildman–Crippen MR) is 117 cm³/mol. The minimum absolute atomic E-state index is 0.00195. The highest BCUT2D eigenvalue weighted by Crippen LogP contribution is 2.46. The van der Waals surface area contributed by atoms with Crippen LogP contribution < -0.4 is 5.32 Å². The Labute approximate surface area is 179 Å². The van der Waals surface area contributed by atoms with Crippen molar-refractivity contribution in [2.75, 3.05) is 25.0 Å². The number of rotatable bonds is 3. The normalized spacial score (nSPS) is 32.0. The van der Waals surface area contributed by atoms with Crippen molar-refractivity contribution in [3.05, 3.63) is 35.9 Å². The van der Waals surface area contributed by atoms with Gasteiger partial charge in [-0.15, -0.1) is 0 Å². The van der Waals surface area contributed by atoms with Gasteiger partial charge in [0.1, 0.15) is 0 Å². The molecular weight excluding hydrogens is 398 g/mol. The molecule has 0 radical (unpaired) electrons. The van der Waals surface area contributed by atoms with Crippen LogP contribution >= 0.6 is 0 Å². The summed E-state index contributed by atoms with van der Waals surface area (Å²) >= 11 is 0. The summed E-state index contributed by atoms with van der Waals surface area (Å²) in [6.07, 6.45) is 9.35. The Morgan fingerprint density at radius 3 is 2.67 bits per heavy atom. The first-order valence-electron chi connectivity index (χ1n) is 11.3. The van der Waals surface area contributed by atoms with Crippen molar-refractivity contribution in [1.82, 2.24) is 9.21 Å². The second kappa shape index (κ2) is 7.77. The van der Waals surface area contributed by atoms with Crippen LogP contribution in [0.3, 0.4) is 0 Å². The molecule has 1 aromatic carbocycles. The molecule has 2 bridgehead atoms. The van der Waals surface area contributed by atoms with Crippen LogP contribution in [0, 0.1) is 11.8 Å². The third-order valence-electron chi connectivity index (χ3n) is 7.39. The Kier molecular flexibility index (Phi) is 5.24. The van der Waals surface area contributed by atoms with Gasteiger partial charge in [0.05, 0.1) is 10.9 Å². The third kappa shape index (κ3) is 3.51. The van der Waals surface area contributed by atoms with E-state index in [9.17, 15) is 13.2 Å². The van der Waals surface area contributed by atoms with Gasteiger partial charge in [0.15, 0.2) is 0 Å². The molecule has 30 heavy (non-hydrogen) atoms. The number of piperidine rings is 3. The summed E-state index contributed by atoms with van der Waals surface area (Å²) in [5, 5.41) is 2.70. The Morgan fingerprint density at radius 1 is 1.10 bits per heavy atom. The first-order valence-corrected chi connectivity index (χ1v) is 12.7. The van der Waals surface area contributed by atoms with Crippen LogP contribution in [-0.2, 0) is 14.8 Å². The van der Waals surface area contributed by atoms with Gasteiger partial charge in [0.25, 0.3) is 0 Å². The predicted octanol–water partition coefficient (Wildman–Crippen LogP) is 3.23. The number of anilines is 1. The largest absolute Gasteiger partial charge is 0.326 e. The van der Waals surface area contributed by atoms with Crippen LogP contribution in [0.25, 0.3) is 0 Å². The number of benzene rings is 1. The molecule has 5 rings (SSSR count). The molecule has 0 spiro atoms. The fourth-order valence-electron chi connectivity index (χ4n) is 6.24. The van der Waals surface area contributed by atoms with Crippen molar-refractivity contribution in [3.63, 3.8) is 0 Å². The number of carbonyl (C=O) groups excluding carboxylic acids is 1. The molecule has 3 aliphatic heterocycles. The first kappa shape index (κ1) is 20.2. The molecule has 162 valence electrons. The highest BCUT2D eigenvalue weighted by atomic mass is 32.2. The molecule has 1 aromatic rings. The standard InChI is InChI=1S/C23H31N3O3S/c1-16(27)24-20-7-9-21(10-8-20)30(28,29)26-12-4-5-17-13-18-14-19(23(17)26)15-25-11-3-2-6-22(18)25/h7-10,13,18-19,22-23H,2-6,11-12,14-15H2,1H3,(H,24,27)/t18-,19+,22+,23+/m0/s1. The van der Waals surface area contributed by atoms with E-state index in [1.54, 1.807) is 28.6 Å². The number of nitrogens with zero attached hydrogens (tertiary/aromatic N) is 2. The zero-order chi connectivity index (χ0) is 20.9. The summed E-state index contributed by atoms with van der Waals surface area (Å²) in [5.41, 5.74) is 1.97. The zero-order valence-electron chi connectivity index (χ0n) is 17.6. The van der Waals surface area contributed by atoms with Gasteiger partial charge in [-0.1, -0.05) is 18.1 Å². The summed E-state index contributed by atoms with van der Waals surface area (Å²) in [6, 6.07) is 7.24. The Bertz CT molecular complexity index is 956. The highest BCUT2D eigenvalue weighted by molar-refractivity contribution is 7.89. The molecule has 1 N–H and O–H groups in total. The quantitative estimate of drug-likeness (QED) is 0.749. The molecule has 6 nitrogen and oxygen atoms in total. The molecule has 1 aliphatic carbocycles. The lowest BCUT2D eigenvalue weighted by atomic mass is 9.68. The van der Waals surface area contributed by atoms with E-state index in [0.717, 1.165) is 32.4 Å². The fourth-order valence-corrected chi connectivity index (χ4v) is 7.97. The van der Waals surface area contributed by atoms with Gasteiger partial charge in [-0.05, 0) is 74.8 Å². The van der Waals surface area contributed by atoms with Crippen LogP contribution in [0.4, 0.5) is 5.69 Å². The van der Waals surface area contributed by atoms with Crippen molar-refractivity contribution < 1.29 is 13.2 Å². The molecule has 4 aliphatic rings. The SMILES string of the molecule is CC(=O)Nc1ccc(S(=O)(=O)N2CCCC3=C[C@H]4C[C@H](CN5CCCC[C@H]45)[C@@H]32)cc1. The van der Waals surface area contributed by atoms with Gasteiger partial charge in [-0.25, -0.2) is 8.42 Å². The van der Waals surface area contributed by atoms with Crippen LogP contribution in [-0.4, -0.2) is 55.2 Å². The minimum Gasteiger partial charge on any atom is -0.326 e. The van der Waals surface area contributed by atoms with E-state index < -0.39 is 10.0 Å². The molecule has 3 saturated heterocycles. The molecule has 4 atom stereocenters. The second-order valence-electron chi connectivity index (χ2n) is 9.33. The maximum Gasteiger partial charge on any atom is 0.243 e. The summed E-state index contributed by atoms with van der Waals surface area (Å²) in [7, 11) is -3.58. The number of carbonyl (C=O) groups is 1. The average molecular weight is 430 g/mol. The molecule has 0 unspecified atom stereocenters. The smallest absolute Gasteiger partial charge is 0.243 e. The van der Waals surface area contributed by atoms with Gasteiger partial charge in [0, 0.05) is 31.7 Å². The van der Waals surface area contributed by atoms with Crippen molar-refractivity contribution >= 4 is 21.6 Å². The van der Waals surface area contributed by atoms with Crippen LogP contribution in [0.2, 0.25) is 0 Å². The topological polar surface area (TPSA) is 69.7 Å². The van der Waals surface area contributed by atoms with Gasteiger partial charge < -0.3 is 5.32 Å². The lowest BCUT2D eigenvalue weighted by Crippen LogP contribution is -2.59. The lowest BCUT2D eigenvalue weighted by molar-refractivity contribution is -0.114. The molecule has 1 amide bonds. The van der Waals surface area contributed by atoms with E-state index in [-0.39, 0.29) is 11.9 Å². The molecule has 0 saturated carbocycles. The average Bonchev–Trinajstić information content (AvgIpc) is 2.73. The monoisotopic (exact) mass is 429 g/mol. The second-order valence-corrected chi connectivity index (χ2v) is 11.2. The van der Waals surface area contributed by atoms with Crippen molar-refractivity contribution in [2.45, 2.75) is 62.4 Å². The maximum absolute atomic E-state index is 13.6. The summed E-state index contributed by atoms with van der Waals surface area (Å²) in [4.78, 5) is 14.2. The molecular formula is C23H31N3O3S. The van der Waals surface area contributed by atoms with Crippen LogP contribution in [0.15, 0.2) is 40.8 Å². The van der Waals surface area contributed by atoms with E-state index >= 15 is 0 Å². The van der Waals surface area contributed by atoms with Gasteiger partial charge >= 0.3 is 0 Å². The number of amides is 1. The first-order chi connectivity index (χ1) is 14.4. The zero-order valence-corrected chi connectivity index (χ0v) is 18.4. The Balaban J connectivity index is 1.44. The molecule has 7 heteroatoms. The van der Waals surface area contributed by atoms with Gasteiger partial charge in [0.2, 0.25) is 15.9 Å². The van der Waals surface area contributed by atoms with E-state index in [2.05, 4.69) is 16.3 Å². The number of fused-ring (bicyclic) bond motifs is 6. The van der Waals surface area contributed by atoms with E-state index in [1.165, 1.54) is 31.8 Å². The molecule has 3 fully saturated rings. The Hall–Kier alpha value is -1.70. The fraction of sp³-hybridized carbons (Fsp3) is 0.609. The van der Waals surface area contributed by atoms with E-state index in [1.807, 2.05) is 0 Å². The summed E-state index contributed by atoms with van der Waals surface area (Å²) in [5.74, 6) is 0.814. The Morgan fingerprint density at radius 2 is 1.90 bits per heavy atom. The summed E-state index contributed by atoms with van der Waals surface area (Å²) in [6.45, 7) is 4.21. The molecule has 3 heterocycles. The van der Waals surface area contributed by atoms with Crippen molar-refractivity contribution in [2.24, 2.45) is 11.8 Å². The van der Waals surface area contributed by atoms with E-state index in [4.69, 9.17) is 0 Å². The van der Waals surface area contributed by atoms with Crippen LogP contribution in [0.5, 0.6) is 0 Å². The highest BCUT2D eigenvalue weighted by Gasteiger charge is 2.48. The number of hydrogen-bond donors (Lipinski definition) is 1. The number of hydrogen-bond acceptors (Lipinski definition) is 4. The third-order valence-corrected chi connectivity index (χ3v) is 9.29. The summed E-state index contributed by atoms with van der Waals surface area (Å²) < 4.78 is 29.0. The van der Waals surface area contributed by atoms with Crippen molar-refractivity contribution in [1.29, 1.82) is 0 Å². The molecule has 0 aromatic heterocycles. The lowest BCUT2D eigenvalue weighted by Gasteiger charge is -2.54. The van der Waals surface area contributed by atoms with Gasteiger partial charge in [-0.3, -0.25) is 9.69 Å².